The van der Waals surface area contributed by atoms with Crippen LogP contribution in [-0.2, 0) is 14.3 Å². The third-order valence-corrected chi connectivity index (χ3v) is 5.81. The summed E-state index contributed by atoms with van der Waals surface area (Å²) in [4.78, 5) is 34.9. The SMILES string of the molecule is C=CCOCC(NC(=O)OC)C(=O)N1CCCC1c1nc(-c2ccc(Br)cc2OCC=C)c[nH]1. The van der Waals surface area contributed by atoms with Crippen LogP contribution in [-0.4, -0.2) is 66.4 Å². The van der Waals surface area contributed by atoms with Gasteiger partial charge in [-0.15, -0.1) is 6.58 Å². The van der Waals surface area contributed by atoms with Crippen molar-refractivity contribution in [3.63, 3.8) is 0 Å². The van der Waals surface area contributed by atoms with Crippen molar-refractivity contribution in [1.29, 1.82) is 0 Å². The summed E-state index contributed by atoms with van der Waals surface area (Å²) >= 11 is 3.47. The third-order valence-electron chi connectivity index (χ3n) is 5.32. The number of benzene rings is 1. The van der Waals surface area contributed by atoms with Crippen LogP contribution < -0.4 is 10.1 Å². The van der Waals surface area contributed by atoms with Gasteiger partial charge in [0.1, 0.15) is 24.2 Å². The topological polar surface area (TPSA) is 106 Å². The van der Waals surface area contributed by atoms with E-state index < -0.39 is 12.1 Å². The molecule has 2 heterocycles. The molecule has 1 aromatic heterocycles. The van der Waals surface area contributed by atoms with Gasteiger partial charge >= 0.3 is 6.09 Å². The Balaban J connectivity index is 1.81. The van der Waals surface area contributed by atoms with Crippen LogP contribution in [0.2, 0.25) is 0 Å². The maximum Gasteiger partial charge on any atom is 0.407 e. The van der Waals surface area contributed by atoms with Gasteiger partial charge in [0.2, 0.25) is 5.91 Å². The zero-order valence-corrected chi connectivity index (χ0v) is 20.7. The summed E-state index contributed by atoms with van der Waals surface area (Å²) in [5.41, 5.74) is 1.53. The molecule has 2 N–H and O–H groups in total. The number of rotatable bonds is 11. The van der Waals surface area contributed by atoms with Gasteiger partial charge in [0, 0.05) is 22.8 Å². The number of imidazole rings is 1. The average molecular weight is 533 g/mol. The number of nitrogens with zero attached hydrogens (tertiary/aromatic N) is 2. The van der Waals surface area contributed by atoms with E-state index in [-0.39, 0.29) is 25.2 Å². The normalized spacial score (nSPS) is 16.1. The minimum Gasteiger partial charge on any atom is -0.489 e. The number of hydrogen-bond donors (Lipinski definition) is 2. The minimum atomic E-state index is -0.882. The molecule has 2 unspecified atom stereocenters. The Hall–Kier alpha value is -3.11. The molecular weight excluding hydrogens is 504 g/mol. The molecule has 2 atom stereocenters. The van der Waals surface area contributed by atoms with E-state index in [2.05, 4.69) is 44.1 Å². The second-order valence-electron chi connectivity index (χ2n) is 7.62. The highest BCUT2D eigenvalue weighted by atomic mass is 79.9. The maximum atomic E-state index is 13.3. The predicted octanol–water partition coefficient (Wildman–Crippen LogP) is 3.99. The van der Waals surface area contributed by atoms with E-state index in [1.165, 1.54) is 7.11 Å². The van der Waals surface area contributed by atoms with Gasteiger partial charge in [-0.3, -0.25) is 4.79 Å². The van der Waals surface area contributed by atoms with Crippen molar-refractivity contribution in [2.45, 2.75) is 24.9 Å². The molecule has 2 amide bonds. The molecule has 1 aliphatic heterocycles. The number of methoxy groups -OCH3 is 1. The van der Waals surface area contributed by atoms with Crippen LogP contribution in [0.3, 0.4) is 0 Å². The van der Waals surface area contributed by atoms with Crippen molar-refractivity contribution in [3.8, 4) is 17.0 Å². The second-order valence-corrected chi connectivity index (χ2v) is 8.53. The van der Waals surface area contributed by atoms with Crippen molar-refractivity contribution in [1.82, 2.24) is 20.2 Å². The lowest BCUT2D eigenvalue weighted by Crippen LogP contribution is -2.50. The number of carbonyl (C=O) groups excluding carboxylic acids is 2. The van der Waals surface area contributed by atoms with E-state index >= 15 is 0 Å². The molecule has 1 fully saturated rings. The Morgan fingerprint density at radius 1 is 1.35 bits per heavy atom. The number of halogens is 1. The Morgan fingerprint density at radius 2 is 2.15 bits per heavy atom. The number of H-pyrrole nitrogens is 1. The third kappa shape index (κ3) is 6.27. The van der Waals surface area contributed by atoms with E-state index in [9.17, 15) is 9.59 Å². The standard InChI is InChI=1S/C24H29BrN4O5/c1-4-11-33-15-19(28-24(31)32-3)23(30)29-10-6-7-20(29)22-26-14-18(27-22)17-9-8-16(25)13-21(17)34-12-5-2/h4-5,8-9,13-14,19-20H,1-2,6-7,10-12,15H2,3H3,(H,26,27)(H,28,31). The number of carbonyl (C=O) groups is 2. The largest absolute Gasteiger partial charge is 0.489 e. The molecule has 34 heavy (non-hydrogen) atoms. The fraction of sp³-hybridized carbons (Fsp3) is 0.375. The monoisotopic (exact) mass is 532 g/mol. The fourth-order valence-electron chi connectivity index (χ4n) is 3.78. The summed E-state index contributed by atoms with van der Waals surface area (Å²) in [5, 5.41) is 2.57. The first-order valence-electron chi connectivity index (χ1n) is 10.9. The molecule has 1 aliphatic rings. The summed E-state index contributed by atoms with van der Waals surface area (Å²) in [7, 11) is 1.25. The summed E-state index contributed by atoms with van der Waals surface area (Å²) in [6.45, 7) is 8.49. The predicted molar refractivity (Wildman–Crippen MR) is 131 cm³/mol. The number of hydrogen-bond acceptors (Lipinski definition) is 6. The molecule has 182 valence electrons. The quantitative estimate of drug-likeness (QED) is 0.334. The molecular formula is C24H29BrN4O5. The molecule has 0 spiro atoms. The van der Waals surface area contributed by atoms with Gasteiger partial charge in [0.25, 0.3) is 0 Å². The Bertz CT molecular complexity index is 1020. The van der Waals surface area contributed by atoms with Crippen LogP contribution in [0.4, 0.5) is 4.79 Å². The minimum absolute atomic E-state index is 0.00940. The molecule has 9 nitrogen and oxygen atoms in total. The van der Waals surface area contributed by atoms with Gasteiger partial charge in [-0.05, 0) is 31.0 Å². The maximum absolute atomic E-state index is 13.3. The van der Waals surface area contributed by atoms with E-state index in [0.717, 1.165) is 22.9 Å². The summed E-state index contributed by atoms with van der Waals surface area (Å²) < 4.78 is 16.8. The van der Waals surface area contributed by atoms with Crippen molar-refractivity contribution in [3.05, 3.63) is 60.0 Å². The van der Waals surface area contributed by atoms with Gasteiger partial charge in [-0.2, -0.15) is 0 Å². The van der Waals surface area contributed by atoms with Gasteiger partial charge in [-0.1, -0.05) is 34.7 Å². The van der Waals surface area contributed by atoms with Crippen molar-refractivity contribution < 1.29 is 23.8 Å². The molecule has 1 aromatic carbocycles. The molecule has 0 saturated carbocycles. The highest BCUT2D eigenvalue weighted by Crippen LogP contribution is 2.35. The van der Waals surface area contributed by atoms with E-state index in [1.54, 1.807) is 23.2 Å². The summed E-state index contributed by atoms with van der Waals surface area (Å²) in [6, 6.07) is 4.59. The summed E-state index contributed by atoms with van der Waals surface area (Å²) in [5.74, 6) is 1.09. The van der Waals surface area contributed by atoms with Gasteiger partial charge in [-0.25, -0.2) is 9.78 Å². The first-order valence-corrected chi connectivity index (χ1v) is 11.7. The zero-order chi connectivity index (χ0) is 24.5. The zero-order valence-electron chi connectivity index (χ0n) is 19.1. The molecule has 0 bridgehead atoms. The van der Waals surface area contributed by atoms with Crippen molar-refractivity contribution in [2.24, 2.45) is 0 Å². The molecule has 0 radical (unpaired) electrons. The molecule has 10 heteroatoms. The van der Waals surface area contributed by atoms with Gasteiger partial charge in [0.15, 0.2) is 0 Å². The second kappa shape index (κ2) is 12.4. The van der Waals surface area contributed by atoms with E-state index in [1.807, 2.05) is 18.2 Å². The highest BCUT2D eigenvalue weighted by molar-refractivity contribution is 9.10. The lowest BCUT2D eigenvalue weighted by Gasteiger charge is -2.28. The number of aromatic nitrogens is 2. The number of likely N-dealkylation sites (tertiary alicyclic amines) is 1. The lowest BCUT2D eigenvalue weighted by molar-refractivity contribution is -0.135. The smallest absolute Gasteiger partial charge is 0.407 e. The highest BCUT2D eigenvalue weighted by Gasteiger charge is 2.36. The van der Waals surface area contributed by atoms with E-state index in [0.29, 0.717) is 30.4 Å². The van der Waals surface area contributed by atoms with Crippen LogP contribution >= 0.6 is 15.9 Å². The Morgan fingerprint density at radius 3 is 2.88 bits per heavy atom. The number of alkyl carbamates (subject to hydrolysis) is 1. The van der Waals surface area contributed by atoms with Crippen LogP contribution in [0.5, 0.6) is 5.75 Å². The first kappa shape index (κ1) is 25.5. The number of aromatic amines is 1. The molecule has 2 aromatic rings. The van der Waals surface area contributed by atoms with Crippen molar-refractivity contribution in [2.75, 3.05) is 33.5 Å². The molecule has 0 aliphatic carbocycles. The molecule has 3 rings (SSSR count). The van der Waals surface area contributed by atoms with Gasteiger partial charge < -0.3 is 29.4 Å². The number of amides is 2. The first-order chi connectivity index (χ1) is 16.5. The number of nitrogens with one attached hydrogen (secondary N) is 2. The van der Waals surface area contributed by atoms with E-state index in [4.69, 9.17) is 14.5 Å². The Labute approximate surface area is 207 Å². The van der Waals surface area contributed by atoms with Crippen LogP contribution in [0.25, 0.3) is 11.3 Å². The Kier molecular flexibility index (Phi) is 9.29. The average Bonchev–Trinajstić information content (AvgIpc) is 3.51. The fourth-order valence-corrected chi connectivity index (χ4v) is 4.12. The number of ether oxygens (including phenoxy) is 3. The van der Waals surface area contributed by atoms with Gasteiger partial charge in [0.05, 0.1) is 32.1 Å². The van der Waals surface area contributed by atoms with Crippen LogP contribution in [0, 0.1) is 0 Å². The molecule has 1 saturated heterocycles. The van der Waals surface area contributed by atoms with Crippen LogP contribution in [0.1, 0.15) is 24.7 Å². The van der Waals surface area contributed by atoms with Crippen molar-refractivity contribution >= 4 is 27.9 Å². The summed E-state index contributed by atoms with van der Waals surface area (Å²) in [6.07, 6.45) is 5.93. The van der Waals surface area contributed by atoms with Crippen LogP contribution in [0.15, 0.2) is 54.2 Å². The lowest BCUT2D eigenvalue weighted by atomic mass is 10.1.